The van der Waals surface area contributed by atoms with Crippen molar-refractivity contribution in [3.63, 3.8) is 0 Å². The third kappa shape index (κ3) is 3.34. The smallest absolute Gasteiger partial charge is 0.132 e. The van der Waals surface area contributed by atoms with Crippen LogP contribution in [0.25, 0.3) is 0 Å². The van der Waals surface area contributed by atoms with Gasteiger partial charge in [0, 0.05) is 5.56 Å². The second kappa shape index (κ2) is 6.36. The van der Waals surface area contributed by atoms with Crippen molar-refractivity contribution in [2.75, 3.05) is 0 Å². The predicted molar refractivity (Wildman–Crippen MR) is 74.1 cm³/mol. The van der Waals surface area contributed by atoms with Crippen LogP contribution in [0.2, 0.25) is 0 Å². The molecule has 100 valence electrons. The van der Waals surface area contributed by atoms with E-state index in [0.717, 1.165) is 11.1 Å². The average Bonchev–Trinajstić information content (AvgIpc) is 2.48. The zero-order valence-corrected chi connectivity index (χ0v) is 10.9. The van der Waals surface area contributed by atoms with Crippen LogP contribution in [0.15, 0.2) is 48.5 Å². The lowest BCUT2D eigenvalue weighted by atomic mass is 10.1. The van der Waals surface area contributed by atoms with Crippen LogP contribution in [-0.2, 0) is 6.61 Å². The molecule has 0 spiro atoms. The summed E-state index contributed by atoms with van der Waals surface area (Å²) in [6, 6.07) is 14.7. The summed E-state index contributed by atoms with van der Waals surface area (Å²) in [5.41, 5.74) is 1.63. The van der Waals surface area contributed by atoms with Gasteiger partial charge >= 0.3 is 0 Å². The SMILES string of the molecule is CCC(O)c1ccc(Oc2ccccc2CO)cc1. The van der Waals surface area contributed by atoms with Crippen molar-refractivity contribution in [2.45, 2.75) is 26.1 Å². The largest absolute Gasteiger partial charge is 0.457 e. The van der Waals surface area contributed by atoms with Crippen LogP contribution in [0, 0.1) is 0 Å². The molecule has 0 bridgehead atoms. The highest BCUT2D eigenvalue weighted by Gasteiger charge is 2.06. The first kappa shape index (κ1) is 13.6. The number of para-hydroxylation sites is 1. The maximum Gasteiger partial charge on any atom is 0.132 e. The summed E-state index contributed by atoms with van der Waals surface area (Å²) in [6.45, 7) is 1.88. The minimum absolute atomic E-state index is 0.0528. The van der Waals surface area contributed by atoms with E-state index in [1.807, 2.05) is 55.5 Å². The Morgan fingerprint density at radius 2 is 1.74 bits per heavy atom. The molecule has 0 saturated carbocycles. The quantitative estimate of drug-likeness (QED) is 0.864. The molecule has 0 aliphatic heterocycles. The second-order valence-corrected chi connectivity index (χ2v) is 4.36. The van der Waals surface area contributed by atoms with Crippen LogP contribution in [0.1, 0.15) is 30.6 Å². The Morgan fingerprint density at radius 3 is 2.37 bits per heavy atom. The molecule has 0 radical (unpaired) electrons. The van der Waals surface area contributed by atoms with E-state index in [-0.39, 0.29) is 6.61 Å². The molecule has 1 unspecified atom stereocenters. The fourth-order valence-corrected chi connectivity index (χ4v) is 1.85. The van der Waals surface area contributed by atoms with Crippen molar-refractivity contribution < 1.29 is 14.9 Å². The molecule has 0 aliphatic carbocycles. The molecular weight excluding hydrogens is 240 g/mol. The number of hydrogen-bond acceptors (Lipinski definition) is 3. The van der Waals surface area contributed by atoms with E-state index in [1.165, 1.54) is 0 Å². The molecule has 3 heteroatoms. The lowest BCUT2D eigenvalue weighted by molar-refractivity contribution is 0.173. The van der Waals surface area contributed by atoms with Gasteiger partial charge in [-0.3, -0.25) is 0 Å². The van der Waals surface area contributed by atoms with Gasteiger partial charge in [0.25, 0.3) is 0 Å². The van der Waals surface area contributed by atoms with Gasteiger partial charge < -0.3 is 14.9 Å². The molecule has 0 aromatic heterocycles. The van der Waals surface area contributed by atoms with Crippen molar-refractivity contribution in [1.82, 2.24) is 0 Å². The normalized spacial score (nSPS) is 12.2. The number of aliphatic hydroxyl groups excluding tert-OH is 2. The van der Waals surface area contributed by atoms with Gasteiger partial charge in [0.1, 0.15) is 11.5 Å². The summed E-state index contributed by atoms with van der Waals surface area (Å²) in [6.07, 6.45) is 0.256. The van der Waals surface area contributed by atoms with Gasteiger partial charge in [-0.1, -0.05) is 37.3 Å². The summed E-state index contributed by atoms with van der Waals surface area (Å²) in [5.74, 6) is 1.33. The van der Waals surface area contributed by atoms with Crippen molar-refractivity contribution in [3.8, 4) is 11.5 Å². The zero-order chi connectivity index (χ0) is 13.7. The molecule has 0 saturated heterocycles. The van der Waals surface area contributed by atoms with Crippen LogP contribution in [0.4, 0.5) is 0 Å². The highest BCUT2D eigenvalue weighted by Crippen LogP contribution is 2.26. The van der Waals surface area contributed by atoms with Gasteiger partial charge in [-0.15, -0.1) is 0 Å². The van der Waals surface area contributed by atoms with E-state index in [0.29, 0.717) is 17.9 Å². The number of ether oxygens (including phenoxy) is 1. The first-order valence-electron chi connectivity index (χ1n) is 6.39. The van der Waals surface area contributed by atoms with Gasteiger partial charge in [-0.2, -0.15) is 0 Å². The standard InChI is InChI=1S/C16H18O3/c1-2-15(18)12-7-9-14(10-8-12)19-16-6-4-3-5-13(16)11-17/h3-10,15,17-18H,2,11H2,1H3. The Hall–Kier alpha value is -1.84. The van der Waals surface area contributed by atoms with E-state index < -0.39 is 6.10 Å². The van der Waals surface area contributed by atoms with Crippen LogP contribution < -0.4 is 4.74 Å². The van der Waals surface area contributed by atoms with E-state index in [2.05, 4.69) is 0 Å². The molecule has 1 atom stereocenters. The lowest BCUT2D eigenvalue weighted by Crippen LogP contribution is -1.95. The predicted octanol–water partition coefficient (Wildman–Crippen LogP) is 3.41. The Morgan fingerprint density at radius 1 is 1.05 bits per heavy atom. The fraction of sp³-hybridized carbons (Fsp3) is 0.250. The molecule has 0 fully saturated rings. The first-order valence-corrected chi connectivity index (χ1v) is 6.39. The van der Waals surface area contributed by atoms with Gasteiger partial charge in [-0.05, 0) is 30.2 Å². The number of rotatable bonds is 5. The van der Waals surface area contributed by atoms with E-state index >= 15 is 0 Å². The molecule has 2 aromatic rings. The van der Waals surface area contributed by atoms with Crippen LogP contribution in [-0.4, -0.2) is 10.2 Å². The zero-order valence-electron chi connectivity index (χ0n) is 10.9. The van der Waals surface area contributed by atoms with Crippen molar-refractivity contribution in [3.05, 3.63) is 59.7 Å². The Labute approximate surface area is 113 Å². The maximum absolute atomic E-state index is 9.72. The number of hydrogen-bond donors (Lipinski definition) is 2. The summed E-state index contributed by atoms with van der Waals surface area (Å²) >= 11 is 0. The van der Waals surface area contributed by atoms with E-state index in [9.17, 15) is 10.2 Å². The van der Waals surface area contributed by atoms with Gasteiger partial charge in [-0.25, -0.2) is 0 Å². The molecule has 2 N–H and O–H groups in total. The molecule has 0 aliphatic rings. The molecule has 2 aromatic carbocycles. The Balaban J connectivity index is 2.15. The summed E-state index contributed by atoms with van der Waals surface area (Å²) in [5, 5.41) is 19.0. The minimum atomic E-state index is -0.432. The molecule has 0 heterocycles. The monoisotopic (exact) mass is 258 g/mol. The van der Waals surface area contributed by atoms with Crippen LogP contribution >= 0.6 is 0 Å². The minimum Gasteiger partial charge on any atom is -0.457 e. The molecule has 19 heavy (non-hydrogen) atoms. The van der Waals surface area contributed by atoms with Crippen molar-refractivity contribution in [1.29, 1.82) is 0 Å². The first-order chi connectivity index (χ1) is 9.24. The third-order valence-corrected chi connectivity index (χ3v) is 3.02. The summed E-state index contributed by atoms with van der Waals surface area (Å²) in [4.78, 5) is 0. The molecule has 3 nitrogen and oxygen atoms in total. The van der Waals surface area contributed by atoms with Gasteiger partial charge in [0.2, 0.25) is 0 Å². The summed E-state index contributed by atoms with van der Waals surface area (Å²) < 4.78 is 5.73. The molecule has 2 rings (SSSR count). The van der Waals surface area contributed by atoms with Crippen LogP contribution in [0.3, 0.4) is 0 Å². The second-order valence-electron chi connectivity index (χ2n) is 4.36. The van der Waals surface area contributed by atoms with Gasteiger partial charge in [0.05, 0.1) is 12.7 Å². The third-order valence-electron chi connectivity index (χ3n) is 3.02. The van der Waals surface area contributed by atoms with E-state index in [4.69, 9.17) is 4.74 Å². The fourth-order valence-electron chi connectivity index (χ4n) is 1.85. The van der Waals surface area contributed by atoms with Crippen molar-refractivity contribution >= 4 is 0 Å². The van der Waals surface area contributed by atoms with E-state index in [1.54, 1.807) is 0 Å². The molecule has 0 amide bonds. The number of aliphatic hydroxyl groups is 2. The topological polar surface area (TPSA) is 49.7 Å². The van der Waals surface area contributed by atoms with Crippen molar-refractivity contribution in [2.24, 2.45) is 0 Å². The highest BCUT2D eigenvalue weighted by molar-refractivity contribution is 5.38. The highest BCUT2D eigenvalue weighted by atomic mass is 16.5. The van der Waals surface area contributed by atoms with Crippen LogP contribution in [0.5, 0.6) is 11.5 Å². The maximum atomic E-state index is 9.72. The average molecular weight is 258 g/mol. The number of benzene rings is 2. The Bertz CT molecular complexity index is 520. The van der Waals surface area contributed by atoms with Gasteiger partial charge in [0.15, 0.2) is 0 Å². The Kier molecular flexibility index (Phi) is 4.55. The lowest BCUT2D eigenvalue weighted by Gasteiger charge is -2.11. The molecular formula is C16H18O3. The summed E-state index contributed by atoms with van der Waals surface area (Å²) in [7, 11) is 0.